The Kier molecular flexibility index (Phi) is 17.1. The molecular weight excluding hydrogens is 152 g/mol. The standard InChI is InChI=1S/C2H6S2.Cu/c1-3-4-2;/h1-2H3;. The van der Waals surface area contributed by atoms with Gasteiger partial charge in [0.1, 0.15) is 0 Å². The van der Waals surface area contributed by atoms with Crippen LogP contribution in [0.25, 0.3) is 0 Å². The van der Waals surface area contributed by atoms with E-state index in [1.165, 1.54) is 0 Å². The Morgan fingerprint density at radius 3 is 1.20 bits per heavy atom. The molecule has 0 aliphatic rings. The fourth-order valence-corrected chi connectivity index (χ4v) is 0. The molecule has 5 heavy (non-hydrogen) atoms. The first-order valence-electron chi connectivity index (χ1n) is 0.983. The van der Waals surface area contributed by atoms with Gasteiger partial charge in [-0.2, -0.15) is 0 Å². The van der Waals surface area contributed by atoms with Gasteiger partial charge in [-0.1, -0.05) is 21.6 Å². The Bertz CT molecular complexity index is 9.61. The monoisotopic (exact) mass is 157 g/mol. The van der Waals surface area contributed by atoms with Gasteiger partial charge in [0.2, 0.25) is 0 Å². The molecule has 0 fully saturated rings. The van der Waals surface area contributed by atoms with Crippen molar-refractivity contribution < 1.29 is 17.1 Å². The molecule has 0 nitrogen and oxygen atoms in total. The van der Waals surface area contributed by atoms with Crippen LogP contribution in [0.5, 0.6) is 0 Å². The van der Waals surface area contributed by atoms with E-state index in [0.717, 1.165) is 0 Å². The summed E-state index contributed by atoms with van der Waals surface area (Å²) < 4.78 is 0. The molecule has 0 spiro atoms. The van der Waals surface area contributed by atoms with Crippen LogP contribution in [-0.4, -0.2) is 12.5 Å². The Labute approximate surface area is 51.3 Å². The summed E-state index contributed by atoms with van der Waals surface area (Å²) >= 11 is 0. The van der Waals surface area contributed by atoms with Crippen molar-refractivity contribution in [2.24, 2.45) is 0 Å². The zero-order chi connectivity index (χ0) is 3.41. The van der Waals surface area contributed by atoms with Gasteiger partial charge in [0.15, 0.2) is 0 Å². The van der Waals surface area contributed by atoms with E-state index in [1.54, 1.807) is 21.6 Å². The maximum absolute atomic E-state index is 2.06. The van der Waals surface area contributed by atoms with Gasteiger partial charge in [-0.3, -0.25) is 0 Å². The molecule has 0 unspecified atom stereocenters. The first-order valence-corrected chi connectivity index (χ1v) is 3.95. The molecule has 0 heterocycles. The Balaban J connectivity index is 0. The van der Waals surface area contributed by atoms with Gasteiger partial charge in [-0.25, -0.2) is 0 Å². The van der Waals surface area contributed by atoms with Crippen LogP contribution in [0.15, 0.2) is 0 Å². The third-order valence-corrected chi connectivity index (χ3v) is 1.50. The smallest absolute Gasteiger partial charge is 0 e. The van der Waals surface area contributed by atoms with E-state index in [9.17, 15) is 0 Å². The van der Waals surface area contributed by atoms with Crippen LogP contribution < -0.4 is 0 Å². The molecule has 0 rings (SSSR count). The second-order valence-corrected chi connectivity index (χ2v) is 3.00. The van der Waals surface area contributed by atoms with Crippen LogP contribution in [0.1, 0.15) is 0 Å². The molecule has 0 atom stereocenters. The van der Waals surface area contributed by atoms with Crippen molar-refractivity contribution in [1.82, 2.24) is 0 Å². The molecule has 0 saturated heterocycles. The number of hydrogen-bond acceptors (Lipinski definition) is 2. The summed E-state index contributed by atoms with van der Waals surface area (Å²) in [7, 11) is 3.55. The number of rotatable bonds is 1. The summed E-state index contributed by atoms with van der Waals surface area (Å²) in [6.45, 7) is 0. The van der Waals surface area contributed by atoms with E-state index >= 15 is 0 Å². The maximum Gasteiger partial charge on any atom is 0 e. The summed E-state index contributed by atoms with van der Waals surface area (Å²) in [4.78, 5) is 0. The Morgan fingerprint density at radius 2 is 1.20 bits per heavy atom. The molecule has 0 aliphatic heterocycles. The summed E-state index contributed by atoms with van der Waals surface area (Å²) in [6.07, 6.45) is 4.12. The van der Waals surface area contributed by atoms with Crippen LogP contribution >= 0.6 is 21.6 Å². The first-order chi connectivity index (χ1) is 1.91. The van der Waals surface area contributed by atoms with Gasteiger partial charge in [0.25, 0.3) is 0 Å². The van der Waals surface area contributed by atoms with Crippen LogP contribution in [0, 0.1) is 0 Å². The number of hydrogen-bond donors (Lipinski definition) is 0. The molecule has 0 aromatic rings. The fourth-order valence-electron chi connectivity index (χ4n) is 0. The van der Waals surface area contributed by atoms with E-state index < -0.39 is 0 Å². The van der Waals surface area contributed by atoms with Gasteiger partial charge in [-0.05, 0) is 12.5 Å². The average Bonchev–Trinajstić information content (AvgIpc) is 1.37. The van der Waals surface area contributed by atoms with E-state index in [-0.39, 0.29) is 17.1 Å². The van der Waals surface area contributed by atoms with E-state index in [0.29, 0.717) is 0 Å². The zero-order valence-corrected chi connectivity index (χ0v) is 5.69. The van der Waals surface area contributed by atoms with Gasteiger partial charge in [0, 0.05) is 17.1 Å². The quantitative estimate of drug-likeness (QED) is 0.419. The average molecular weight is 158 g/mol. The van der Waals surface area contributed by atoms with Gasteiger partial charge in [0.05, 0.1) is 0 Å². The molecule has 0 aliphatic carbocycles. The zero-order valence-electron chi connectivity index (χ0n) is 3.12. The SMILES string of the molecule is CSSC.[Cu]. The summed E-state index contributed by atoms with van der Waals surface area (Å²) in [5.41, 5.74) is 0. The van der Waals surface area contributed by atoms with Gasteiger partial charge >= 0.3 is 0 Å². The topological polar surface area (TPSA) is 0 Å². The van der Waals surface area contributed by atoms with Crippen molar-refractivity contribution in [3.63, 3.8) is 0 Å². The predicted octanol–water partition coefficient (Wildman–Crippen LogP) is 1.62. The molecule has 0 aromatic carbocycles. The molecule has 0 saturated carbocycles. The Morgan fingerprint density at radius 1 is 1.00 bits per heavy atom. The third-order valence-electron chi connectivity index (χ3n) is 0.167. The second-order valence-electron chi connectivity index (χ2n) is 0.333. The molecule has 0 bridgehead atoms. The van der Waals surface area contributed by atoms with Crippen molar-refractivity contribution in [3.05, 3.63) is 0 Å². The van der Waals surface area contributed by atoms with E-state index in [1.807, 2.05) is 0 Å². The van der Waals surface area contributed by atoms with Crippen molar-refractivity contribution in [2.75, 3.05) is 12.5 Å². The first kappa shape index (κ1) is 9.52. The van der Waals surface area contributed by atoms with E-state index in [2.05, 4.69) is 12.5 Å². The van der Waals surface area contributed by atoms with Crippen LogP contribution in [-0.2, 0) is 17.1 Å². The largest absolute Gasteiger partial charge is 0.0979 e. The van der Waals surface area contributed by atoms with Crippen LogP contribution in [0.2, 0.25) is 0 Å². The molecule has 3 heteroatoms. The minimum absolute atomic E-state index is 0. The molecule has 0 aromatic heterocycles. The van der Waals surface area contributed by atoms with Crippen LogP contribution in [0.3, 0.4) is 0 Å². The second kappa shape index (κ2) is 8.97. The Hall–Kier alpha value is 1.22. The van der Waals surface area contributed by atoms with Crippen molar-refractivity contribution in [1.29, 1.82) is 0 Å². The van der Waals surface area contributed by atoms with E-state index in [4.69, 9.17) is 0 Å². The summed E-state index contributed by atoms with van der Waals surface area (Å²) in [6, 6.07) is 0. The van der Waals surface area contributed by atoms with Crippen LogP contribution in [0.4, 0.5) is 0 Å². The fraction of sp³-hybridized carbons (Fsp3) is 1.00. The predicted molar refractivity (Wildman–Crippen MR) is 27.0 cm³/mol. The molecular formula is C2H6CuS2. The van der Waals surface area contributed by atoms with Gasteiger partial charge in [-0.15, -0.1) is 0 Å². The minimum atomic E-state index is 0. The van der Waals surface area contributed by atoms with Crippen molar-refractivity contribution >= 4 is 21.6 Å². The maximum atomic E-state index is 2.06. The summed E-state index contributed by atoms with van der Waals surface area (Å²) in [5, 5.41) is 0. The normalized spacial score (nSPS) is 6.00. The van der Waals surface area contributed by atoms with Crippen molar-refractivity contribution in [2.45, 2.75) is 0 Å². The van der Waals surface area contributed by atoms with Crippen molar-refractivity contribution in [3.8, 4) is 0 Å². The molecule has 0 N–H and O–H groups in total. The third kappa shape index (κ3) is 11.0. The minimum Gasteiger partial charge on any atom is -0.0979 e. The van der Waals surface area contributed by atoms with Gasteiger partial charge < -0.3 is 0 Å². The summed E-state index contributed by atoms with van der Waals surface area (Å²) in [5.74, 6) is 0. The molecule has 37 valence electrons. The molecule has 0 amide bonds. The molecule has 1 radical (unpaired) electrons.